The smallest absolute Gasteiger partial charge is 0.407 e. The monoisotopic (exact) mass is 459 g/mol. The molecular formula is C28H33N3O3. The van der Waals surface area contributed by atoms with E-state index in [0.717, 1.165) is 29.7 Å². The third-order valence-corrected chi connectivity index (χ3v) is 6.30. The van der Waals surface area contributed by atoms with Crippen molar-refractivity contribution < 1.29 is 14.3 Å². The molecule has 2 aliphatic rings. The molecule has 34 heavy (non-hydrogen) atoms. The molecule has 2 aromatic rings. The number of ether oxygens (including phenoxy) is 1. The Labute approximate surface area is 201 Å². The molecule has 3 atom stereocenters. The number of carbonyl (C=O) groups is 2. The lowest BCUT2D eigenvalue weighted by Gasteiger charge is -2.37. The van der Waals surface area contributed by atoms with E-state index in [9.17, 15) is 9.59 Å². The number of nitrogens with zero attached hydrogens (tertiary/aromatic N) is 2. The molecule has 0 fully saturated rings. The third kappa shape index (κ3) is 5.61. The summed E-state index contributed by atoms with van der Waals surface area (Å²) >= 11 is 0. The van der Waals surface area contributed by atoms with Crippen LogP contribution in [-0.4, -0.2) is 41.5 Å². The zero-order valence-electron chi connectivity index (χ0n) is 20.4. The van der Waals surface area contributed by atoms with E-state index in [4.69, 9.17) is 9.73 Å². The number of nitrogens with one attached hydrogen (secondary N) is 1. The van der Waals surface area contributed by atoms with Crippen LogP contribution in [0.2, 0.25) is 0 Å². The highest BCUT2D eigenvalue weighted by atomic mass is 16.6. The number of hydrogen-bond acceptors (Lipinski definition) is 5. The van der Waals surface area contributed by atoms with Gasteiger partial charge in [0.15, 0.2) is 5.78 Å². The second kappa shape index (κ2) is 9.92. The molecule has 178 valence electrons. The minimum atomic E-state index is -0.524. The van der Waals surface area contributed by atoms with Gasteiger partial charge in [-0.05, 0) is 50.3 Å². The van der Waals surface area contributed by atoms with E-state index in [1.165, 1.54) is 5.56 Å². The van der Waals surface area contributed by atoms with Crippen LogP contribution in [0.5, 0.6) is 0 Å². The van der Waals surface area contributed by atoms with E-state index in [1.54, 1.807) is 6.92 Å². The second-order valence-corrected chi connectivity index (χ2v) is 10.1. The molecule has 1 amide bonds. The molecule has 2 aromatic carbocycles. The Balaban J connectivity index is 1.58. The summed E-state index contributed by atoms with van der Waals surface area (Å²) in [4.78, 5) is 34.0. The Morgan fingerprint density at radius 2 is 1.76 bits per heavy atom. The van der Waals surface area contributed by atoms with Gasteiger partial charge < -0.3 is 10.1 Å². The number of benzene rings is 2. The Bertz CT molecular complexity index is 1100. The van der Waals surface area contributed by atoms with Crippen LogP contribution in [0.25, 0.3) is 0 Å². The predicted molar refractivity (Wildman–Crippen MR) is 135 cm³/mol. The van der Waals surface area contributed by atoms with Gasteiger partial charge in [0.2, 0.25) is 0 Å². The number of Topliss-reactive ketones (excluding diaryl/α,β-unsaturated/α-hetero) is 1. The maximum atomic E-state index is 12.3. The number of ketones is 1. The first-order valence-corrected chi connectivity index (χ1v) is 12.0. The minimum absolute atomic E-state index is 0.0574. The van der Waals surface area contributed by atoms with Crippen molar-refractivity contribution >= 4 is 23.3 Å². The second-order valence-electron chi connectivity index (χ2n) is 10.1. The first-order chi connectivity index (χ1) is 16.2. The third-order valence-electron chi connectivity index (χ3n) is 6.30. The molecule has 2 aliphatic heterocycles. The summed E-state index contributed by atoms with van der Waals surface area (Å²) in [6.07, 6.45) is 1.27. The van der Waals surface area contributed by atoms with Crippen LogP contribution in [0.15, 0.2) is 64.6 Å². The standard InChI is InChI=1S/C28H33N3O3/c1-18(32)25-23-16-22(20-8-6-5-7-9-20)26(31-24(23)14-15-29-25)21-12-10-19(11-13-21)17-30-27(33)34-28(2,3)4/h5-13,22-24H,14-17H2,1-4H3,(H,30,33). The average Bonchev–Trinajstić information content (AvgIpc) is 2.81. The predicted octanol–water partition coefficient (Wildman–Crippen LogP) is 5.11. The van der Waals surface area contributed by atoms with Crippen molar-refractivity contribution in [3.63, 3.8) is 0 Å². The molecule has 6 heteroatoms. The van der Waals surface area contributed by atoms with Gasteiger partial charge in [0.1, 0.15) is 5.60 Å². The Morgan fingerprint density at radius 3 is 2.41 bits per heavy atom. The summed E-state index contributed by atoms with van der Waals surface area (Å²) < 4.78 is 5.31. The normalized spacial score (nSPS) is 22.2. The number of alkyl carbamates (subject to hydrolysis) is 1. The van der Waals surface area contributed by atoms with Gasteiger partial charge in [0.05, 0.1) is 11.8 Å². The molecule has 2 heterocycles. The fraction of sp³-hybridized carbons (Fsp3) is 0.429. The van der Waals surface area contributed by atoms with Crippen molar-refractivity contribution in [3.05, 3.63) is 71.3 Å². The number of carbonyl (C=O) groups excluding carboxylic acids is 2. The first-order valence-electron chi connectivity index (χ1n) is 12.0. The van der Waals surface area contributed by atoms with Crippen molar-refractivity contribution in [3.8, 4) is 0 Å². The van der Waals surface area contributed by atoms with Gasteiger partial charge in [-0.15, -0.1) is 0 Å². The van der Waals surface area contributed by atoms with Gasteiger partial charge in [-0.3, -0.25) is 14.8 Å². The summed E-state index contributed by atoms with van der Waals surface area (Å²) in [6, 6.07) is 18.6. The molecule has 0 spiro atoms. The van der Waals surface area contributed by atoms with Crippen molar-refractivity contribution in [1.29, 1.82) is 0 Å². The SMILES string of the molecule is CC(=O)C1=NCCC2N=C(c3ccc(CNC(=O)OC(C)(C)C)cc3)C(c3ccccc3)CC12. The van der Waals surface area contributed by atoms with Gasteiger partial charge in [-0.1, -0.05) is 54.6 Å². The van der Waals surface area contributed by atoms with Crippen molar-refractivity contribution in [2.24, 2.45) is 15.9 Å². The summed E-state index contributed by atoms with van der Waals surface area (Å²) in [6.45, 7) is 8.19. The lowest BCUT2D eigenvalue weighted by molar-refractivity contribution is -0.111. The number of fused-ring (bicyclic) bond motifs is 1. The highest BCUT2D eigenvalue weighted by Crippen LogP contribution is 2.38. The highest BCUT2D eigenvalue weighted by molar-refractivity contribution is 6.40. The molecule has 0 saturated carbocycles. The largest absolute Gasteiger partial charge is 0.444 e. The van der Waals surface area contributed by atoms with E-state index in [-0.39, 0.29) is 23.7 Å². The van der Waals surface area contributed by atoms with Crippen molar-refractivity contribution in [2.75, 3.05) is 6.54 Å². The number of amides is 1. The van der Waals surface area contributed by atoms with Crippen LogP contribution in [0, 0.1) is 5.92 Å². The summed E-state index contributed by atoms with van der Waals surface area (Å²) in [5.74, 6) is 0.218. The zero-order valence-corrected chi connectivity index (χ0v) is 20.4. The van der Waals surface area contributed by atoms with E-state index in [0.29, 0.717) is 18.8 Å². The minimum Gasteiger partial charge on any atom is -0.444 e. The molecule has 0 radical (unpaired) electrons. The lowest BCUT2D eigenvalue weighted by atomic mass is 9.73. The molecular weight excluding hydrogens is 426 g/mol. The van der Waals surface area contributed by atoms with Crippen LogP contribution >= 0.6 is 0 Å². The molecule has 0 aromatic heterocycles. The van der Waals surface area contributed by atoms with Crippen LogP contribution in [0.4, 0.5) is 4.79 Å². The van der Waals surface area contributed by atoms with Gasteiger partial charge in [0, 0.05) is 37.6 Å². The zero-order chi connectivity index (χ0) is 24.3. The Hall–Kier alpha value is -3.28. The molecule has 0 saturated heterocycles. The topological polar surface area (TPSA) is 80.1 Å². The number of rotatable bonds is 5. The maximum Gasteiger partial charge on any atom is 0.407 e. The molecule has 6 nitrogen and oxygen atoms in total. The van der Waals surface area contributed by atoms with Crippen LogP contribution < -0.4 is 5.32 Å². The average molecular weight is 460 g/mol. The Morgan fingerprint density at radius 1 is 1.06 bits per heavy atom. The molecule has 0 aliphatic carbocycles. The van der Waals surface area contributed by atoms with E-state index in [2.05, 4.69) is 34.6 Å². The van der Waals surface area contributed by atoms with Crippen LogP contribution in [-0.2, 0) is 16.1 Å². The fourth-order valence-corrected chi connectivity index (χ4v) is 4.78. The summed E-state index contributed by atoms with van der Waals surface area (Å²) in [7, 11) is 0. The maximum absolute atomic E-state index is 12.3. The van der Waals surface area contributed by atoms with Crippen molar-refractivity contribution in [1.82, 2.24) is 5.32 Å². The molecule has 0 bridgehead atoms. The van der Waals surface area contributed by atoms with Gasteiger partial charge in [-0.25, -0.2) is 4.79 Å². The first kappa shape index (κ1) is 23.9. The Kier molecular flexibility index (Phi) is 6.96. The number of aliphatic imine (C=N–C) groups is 2. The van der Waals surface area contributed by atoms with Crippen LogP contribution in [0.1, 0.15) is 63.1 Å². The highest BCUT2D eigenvalue weighted by Gasteiger charge is 2.39. The summed E-state index contributed by atoms with van der Waals surface area (Å²) in [5, 5.41) is 2.81. The van der Waals surface area contributed by atoms with E-state index in [1.807, 2.05) is 51.1 Å². The van der Waals surface area contributed by atoms with Gasteiger partial charge in [0.25, 0.3) is 0 Å². The van der Waals surface area contributed by atoms with Crippen LogP contribution in [0.3, 0.4) is 0 Å². The van der Waals surface area contributed by atoms with Gasteiger partial charge >= 0.3 is 6.09 Å². The number of hydrogen-bond donors (Lipinski definition) is 1. The lowest BCUT2D eigenvalue weighted by Crippen LogP contribution is -2.41. The van der Waals surface area contributed by atoms with E-state index >= 15 is 0 Å². The van der Waals surface area contributed by atoms with E-state index < -0.39 is 11.7 Å². The fourth-order valence-electron chi connectivity index (χ4n) is 4.78. The quantitative estimate of drug-likeness (QED) is 0.675. The molecule has 4 rings (SSSR count). The molecule has 3 unspecified atom stereocenters. The molecule has 1 N–H and O–H groups in total. The van der Waals surface area contributed by atoms with Gasteiger partial charge in [-0.2, -0.15) is 0 Å². The summed E-state index contributed by atoms with van der Waals surface area (Å²) in [5.41, 5.74) is 4.49. The van der Waals surface area contributed by atoms with Crippen molar-refractivity contribution in [2.45, 2.75) is 64.6 Å².